The van der Waals surface area contributed by atoms with Gasteiger partial charge in [-0.05, 0) is 46.0 Å². The summed E-state index contributed by atoms with van der Waals surface area (Å²) in [7, 11) is 0. The van der Waals surface area contributed by atoms with Crippen molar-refractivity contribution >= 4 is 0 Å². The third kappa shape index (κ3) is 4.04. The monoisotopic (exact) mass is 267 g/mol. The minimum Gasteiger partial charge on any atom is -0.344 e. The summed E-state index contributed by atoms with van der Waals surface area (Å²) in [4.78, 5) is 0. The van der Waals surface area contributed by atoms with Crippen LogP contribution >= 0.6 is 0 Å². The Morgan fingerprint density at radius 3 is 2.53 bits per heavy atom. The molecule has 19 heavy (non-hydrogen) atoms. The molecule has 0 amide bonds. The second-order valence-corrected chi connectivity index (χ2v) is 6.14. The Labute approximate surface area is 117 Å². The summed E-state index contributed by atoms with van der Waals surface area (Å²) >= 11 is 0. The van der Waals surface area contributed by atoms with Crippen molar-refractivity contribution in [3.8, 4) is 0 Å². The van der Waals surface area contributed by atoms with Crippen LogP contribution in [-0.4, -0.2) is 24.0 Å². The molecule has 3 atom stereocenters. The molecule has 2 N–H and O–H groups in total. The van der Waals surface area contributed by atoms with Gasteiger partial charge in [-0.2, -0.15) is 0 Å². The standard InChI is InChI=1S/C16H29NO2/c1-3-4-8-14-15(10-9-13(2)17)19-16(18-14)11-6-5-7-12-16/h3-4,13-15H,5-12,17H2,1-2H3. The van der Waals surface area contributed by atoms with Crippen LogP contribution in [0.3, 0.4) is 0 Å². The molecule has 1 aliphatic heterocycles. The first-order valence-corrected chi connectivity index (χ1v) is 7.87. The van der Waals surface area contributed by atoms with Gasteiger partial charge >= 0.3 is 0 Å². The van der Waals surface area contributed by atoms with E-state index in [1.807, 2.05) is 0 Å². The van der Waals surface area contributed by atoms with Gasteiger partial charge in [-0.25, -0.2) is 0 Å². The van der Waals surface area contributed by atoms with E-state index in [4.69, 9.17) is 15.2 Å². The van der Waals surface area contributed by atoms with Crippen LogP contribution < -0.4 is 5.73 Å². The zero-order valence-corrected chi connectivity index (χ0v) is 12.4. The minimum atomic E-state index is -0.271. The van der Waals surface area contributed by atoms with E-state index in [9.17, 15) is 0 Å². The molecule has 3 unspecified atom stereocenters. The summed E-state index contributed by atoms with van der Waals surface area (Å²) in [5.41, 5.74) is 5.88. The number of ether oxygens (including phenoxy) is 2. The van der Waals surface area contributed by atoms with Gasteiger partial charge in [0, 0.05) is 18.9 Å². The lowest BCUT2D eigenvalue weighted by molar-refractivity contribution is -0.194. The molecule has 2 rings (SSSR count). The SMILES string of the molecule is CC=CCC1OC2(CCCCC2)OC1CCC(C)N. The largest absolute Gasteiger partial charge is 0.344 e. The quantitative estimate of drug-likeness (QED) is 0.775. The van der Waals surface area contributed by atoms with Gasteiger partial charge in [-0.15, -0.1) is 0 Å². The lowest BCUT2D eigenvalue weighted by atomic mass is 9.94. The maximum Gasteiger partial charge on any atom is 0.169 e. The van der Waals surface area contributed by atoms with E-state index in [1.54, 1.807) is 0 Å². The second-order valence-electron chi connectivity index (χ2n) is 6.14. The van der Waals surface area contributed by atoms with Crippen LogP contribution in [0.25, 0.3) is 0 Å². The lowest BCUT2D eigenvalue weighted by Crippen LogP contribution is -2.33. The Hall–Kier alpha value is -0.380. The fourth-order valence-electron chi connectivity index (χ4n) is 3.20. The number of nitrogens with two attached hydrogens (primary N) is 1. The fourth-order valence-corrected chi connectivity index (χ4v) is 3.20. The summed E-state index contributed by atoms with van der Waals surface area (Å²) in [6, 6.07) is 0.244. The highest BCUT2D eigenvalue weighted by Gasteiger charge is 2.46. The summed E-state index contributed by atoms with van der Waals surface area (Å²) in [5, 5.41) is 0. The van der Waals surface area contributed by atoms with E-state index in [-0.39, 0.29) is 24.0 Å². The molecule has 1 saturated carbocycles. The van der Waals surface area contributed by atoms with E-state index in [0.29, 0.717) is 0 Å². The van der Waals surface area contributed by atoms with Crippen LogP contribution in [0, 0.1) is 0 Å². The van der Waals surface area contributed by atoms with E-state index in [2.05, 4.69) is 26.0 Å². The first-order chi connectivity index (χ1) is 9.15. The summed E-state index contributed by atoms with van der Waals surface area (Å²) < 4.78 is 12.7. The van der Waals surface area contributed by atoms with E-state index in [1.165, 1.54) is 19.3 Å². The number of hydrogen-bond donors (Lipinski definition) is 1. The Kier molecular flexibility index (Phi) is 5.43. The average molecular weight is 267 g/mol. The van der Waals surface area contributed by atoms with E-state index < -0.39 is 0 Å². The lowest BCUT2D eigenvalue weighted by Gasteiger charge is -2.32. The molecule has 110 valence electrons. The van der Waals surface area contributed by atoms with Gasteiger partial charge < -0.3 is 15.2 Å². The zero-order chi connectivity index (χ0) is 13.7. The Bertz CT molecular complexity index is 295. The molecule has 0 aromatic carbocycles. The first-order valence-electron chi connectivity index (χ1n) is 7.87. The normalized spacial score (nSPS) is 32.2. The highest BCUT2D eigenvalue weighted by atomic mass is 16.8. The molecule has 1 spiro atoms. The van der Waals surface area contributed by atoms with Crippen molar-refractivity contribution in [2.75, 3.05) is 0 Å². The fraction of sp³-hybridized carbons (Fsp3) is 0.875. The molecule has 0 radical (unpaired) electrons. The molecule has 1 aliphatic carbocycles. The van der Waals surface area contributed by atoms with Gasteiger partial charge in [0.15, 0.2) is 5.79 Å². The second kappa shape index (κ2) is 6.87. The van der Waals surface area contributed by atoms with Crippen molar-refractivity contribution in [1.82, 2.24) is 0 Å². The third-order valence-corrected chi connectivity index (χ3v) is 4.27. The number of rotatable bonds is 5. The maximum atomic E-state index is 6.34. The summed E-state index contributed by atoms with van der Waals surface area (Å²) in [6.07, 6.45) is 13.6. The van der Waals surface area contributed by atoms with Crippen molar-refractivity contribution in [2.24, 2.45) is 5.73 Å². The third-order valence-electron chi connectivity index (χ3n) is 4.27. The molecule has 0 bridgehead atoms. The molecule has 2 aliphatic rings. The Balaban J connectivity index is 1.96. The predicted molar refractivity (Wildman–Crippen MR) is 77.9 cm³/mol. The van der Waals surface area contributed by atoms with Crippen molar-refractivity contribution in [2.45, 2.75) is 89.3 Å². The van der Waals surface area contributed by atoms with Crippen LogP contribution in [0.15, 0.2) is 12.2 Å². The van der Waals surface area contributed by atoms with Crippen molar-refractivity contribution in [3.05, 3.63) is 12.2 Å². The van der Waals surface area contributed by atoms with E-state index in [0.717, 1.165) is 32.1 Å². The molecular weight excluding hydrogens is 238 g/mol. The molecule has 2 fully saturated rings. The van der Waals surface area contributed by atoms with Crippen LogP contribution in [0.2, 0.25) is 0 Å². The Morgan fingerprint density at radius 2 is 1.89 bits per heavy atom. The highest BCUT2D eigenvalue weighted by Crippen LogP contribution is 2.42. The molecular formula is C16H29NO2. The first kappa shape index (κ1) is 15.0. The summed E-state index contributed by atoms with van der Waals surface area (Å²) in [6.45, 7) is 4.12. The highest BCUT2D eigenvalue weighted by molar-refractivity contribution is 4.93. The van der Waals surface area contributed by atoms with Crippen molar-refractivity contribution < 1.29 is 9.47 Å². The zero-order valence-electron chi connectivity index (χ0n) is 12.4. The van der Waals surface area contributed by atoms with Crippen LogP contribution in [0.4, 0.5) is 0 Å². The van der Waals surface area contributed by atoms with Crippen LogP contribution in [0.1, 0.15) is 65.2 Å². The molecule has 1 heterocycles. The Morgan fingerprint density at radius 1 is 1.21 bits per heavy atom. The number of allylic oxidation sites excluding steroid dienone is 1. The minimum absolute atomic E-state index is 0.216. The van der Waals surface area contributed by atoms with Gasteiger partial charge in [-0.1, -0.05) is 18.6 Å². The summed E-state index contributed by atoms with van der Waals surface area (Å²) in [5.74, 6) is -0.271. The van der Waals surface area contributed by atoms with Crippen molar-refractivity contribution in [1.29, 1.82) is 0 Å². The molecule has 3 nitrogen and oxygen atoms in total. The predicted octanol–water partition coefficient (Wildman–Crippen LogP) is 3.52. The van der Waals surface area contributed by atoms with E-state index >= 15 is 0 Å². The van der Waals surface area contributed by atoms with Gasteiger partial charge in [0.05, 0.1) is 12.2 Å². The topological polar surface area (TPSA) is 44.5 Å². The molecule has 1 saturated heterocycles. The van der Waals surface area contributed by atoms with Gasteiger partial charge in [-0.3, -0.25) is 0 Å². The molecule has 0 aromatic heterocycles. The molecule has 0 aromatic rings. The van der Waals surface area contributed by atoms with Gasteiger partial charge in [0.2, 0.25) is 0 Å². The number of hydrogen-bond acceptors (Lipinski definition) is 3. The van der Waals surface area contributed by atoms with Gasteiger partial charge in [0.1, 0.15) is 0 Å². The average Bonchev–Trinajstić information content (AvgIpc) is 2.72. The van der Waals surface area contributed by atoms with Crippen molar-refractivity contribution in [3.63, 3.8) is 0 Å². The van der Waals surface area contributed by atoms with Crippen LogP contribution in [-0.2, 0) is 9.47 Å². The smallest absolute Gasteiger partial charge is 0.169 e. The van der Waals surface area contributed by atoms with Gasteiger partial charge in [0.25, 0.3) is 0 Å². The van der Waals surface area contributed by atoms with Crippen LogP contribution in [0.5, 0.6) is 0 Å². The maximum absolute atomic E-state index is 6.34. The molecule has 3 heteroatoms.